The monoisotopic (exact) mass is 352 g/mol. The van der Waals surface area contributed by atoms with Crippen molar-refractivity contribution in [2.75, 3.05) is 6.54 Å². The van der Waals surface area contributed by atoms with Crippen LogP contribution in [0.15, 0.2) is 42.5 Å². The highest BCUT2D eigenvalue weighted by Crippen LogP contribution is 2.30. The number of carbonyl (C=O) groups excluding carboxylic acids is 1. The van der Waals surface area contributed by atoms with E-state index in [1.807, 2.05) is 30.3 Å². The van der Waals surface area contributed by atoms with Gasteiger partial charge in [-0.2, -0.15) is 0 Å². The van der Waals surface area contributed by atoms with Crippen LogP contribution in [-0.2, 0) is 6.42 Å². The van der Waals surface area contributed by atoms with Gasteiger partial charge in [-0.25, -0.2) is 4.98 Å². The molecule has 0 aliphatic carbocycles. The fourth-order valence-corrected chi connectivity index (χ4v) is 3.78. The number of unbranched alkanes of at least 4 members (excludes halogenated alkanes) is 2. The van der Waals surface area contributed by atoms with Gasteiger partial charge in [0.25, 0.3) is 5.91 Å². The molecule has 4 heteroatoms. The van der Waals surface area contributed by atoms with Crippen LogP contribution in [0.2, 0.25) is 0 Å². The second-order valence-corrected chi connectivity index (χ2v) is 7.32. The summed E-state index contributed by atoms with van der Waals surface area (Å²) in [6.07, 6.45) is 4.32. The molecule has 0 saturated heterocycles. The molecule has 0 aliphatic rings. The number of hydrogen-bond donors (Lipinski definition) is 1. The third-order valence-electron chi connectivity index (χ3n) is 4.29. The summed E-state index contributed by atoms with van der Waals surface area (Å²) in [7, 11) is 0. The van der Waals surface area contributed by atoms with E-state index < -0.39 is 0 Å². The van der Waals surface area contributed by atoms with Crippen LogP contribution < -0.4 is 5.32 Å². The lowest BCUT2D eigenvalue weighted by atomic mass is 10.1. The van der Waals surface area contributed by atoms with E-state index in [1.165, 1.54) is 4.88 Å². The molecule has 0 fully saturated rings. The van der Waals surface area contributed by atoms with Crippen LogP contribution in [0.4, 0.5) is 0 Å². The molecule has 1 aromatic carbocycles. The average molecular weight is 353 g/mol. The van der Waals surface area contributed by atoms with Crippen LogP contribution in [0.3, 0.4) is 0 Å². The summed E-state index contributed by atoms with van der Waals surface area (Å²) < 4.78 is 0. The van der Waals surface area contributed by atoms with E-state index in [4.69, 9.17) is 4.98 Å². The molecule has 3 rings (SSSR count). The molecule has 1 amide bonds. The molecular weight excluding hydrogens is 328 g/mol. The second kappa shape index (κ2) is 8.26. The average Bonchev–Trinajstić information content (AvgIpc) is 3.13. The maximum absolute atomic E-state index is 12.7. The Morgan fingerprint density at radius 1 is 1.12 bits per heavy atom. The number of rotatable bonds is 7. The molecule has 0 radical (unpaired) electrons. The van der Waals surface area contributed by atoms with Crippen molar-refractivity contribution in [1.29, 1.82) is 0 Å². The van der Waals surface area contributed by atoms with E-state index in [1.54, 1.807) is 11.3 Å². The van der Waals surface area contributed by atoms with Gasteiger partial charge in [-0.3, -0.25) is 4.79 Å². The maximum atomic E-state index is 12.7. The van der Waals surface area contributed by atoms with E-state index in [0.29, 0.717) is 5.56 Å². The zero-order chi connectivity index (χ0) is 17.6. The first kappa shape index (κ1) is 17.6. The van der Waals surface area contributed by atoms with Gasteiger partial charge in [0.1, 0.15) is 0 Å². The molecule has 1 N–H and O–H groups in total. The first-order chi connectivity index (χ1) is 12.2. The predicted octanol–water partition coefficient (Wildman–Crippen LogP) is 5.45. The topological polar surface area (TPSA) is 42.0 Å². The highest BCUT2D eigenvalue weighted by atomic mass is 32.1. The van der Waals surface area contributed by atoms with Gasteiger partial charge in [-0.15, -0.1) is 11.3 Å². The molecule has 3 nitrogen and oxygen atoms in total. The van der Waals surface area contributed by atoms with E-state index in [0.717, 1.165) is 53.7 Å². The highest BCUT2D eigenvalue weighted by molar-refractivity contribution is 7.15. The Kier molecular flexibility index (Phi) is 5.82. The Morgan fingerprint density at radius 3 is 2.72 bits per heavy atom. The number of nitrogens with zero attached hydrogens (tertiary/aromatic N) is 1. The number of para-hydroxylation sites is 1. The highest BCUT2D eigenvalue weighted by Gasteiger charge is 2.14. The minimum atomic E-state index is -0.0109. The van der Waals surface area contributed by atoms with Crippen LogP contribution in [0.25, 0.3) is 21.5 Å². The second-order valence-electron chi connectivity index (χ2n) is 6.15. The van der Waals surface area contributed by atoms with Crippen LogP contribution in [0, 0.1) is 0 Å². The summed E-state index contributed by atoms with van der Waals surface area (Å²) in [5, 5.41) is 3.97. The summed E-state index contributed by atoms with van der Waals surface area (Å²) >= 11 is 1.75. The number of benzene rings is 1. The van der Waals surface area contributed by atoms with Gasteiger partial charge in [0.2, 0.25) is 0 Å². The number of aryl methyl sites for hydroxylation is 1. The van der Waals surface area contributed by atoms with Crippen molar-refractivity contribution in [1.82, 2.24) is 10.3 Å². The van der Waals surface area contributed by atoms with E-state index >= 15 is 0 Å². The molecule has 25 heavy (non-hydrogen) atoms. The lowest BCUT2D eigenvalue weighted by Gasteiger charge is -2.10. The molecule has 0 saturated carbocycles. The van der Waals surface area contributed by atoms with Crippen molar-refractivity contribution in [3.63, 3.8) is 0 Å². The van der Waals surface area contributed by atoms with Crippen LogP contribution in [0.5, 0.6) is 0 Å². The van der Waals surface area contributed by atoms with E-state index in [-0.39, 0.29) is 5.91 Å². The van der Waals surface area contributed by atoms with Gasteiger partial charge in [0.15, 0.2) is 0 Å². The minimum Gasteiger partial charge on any atom is -0.352 e. The standard InChI is InChI=1S/C21H24N2OS/c1-3-5-8-13-22-21(24)17-14-19(20-12-11-15(4-2)25-20)23-18-10-7-6-9-16(17)18/h6-7,9-12,14H,3-5,8,13H2,1-2H3,(H,22,24). The minimum absolute atomic E-state index is 0.0109. The van der Waals surface area contributed by atoms with Gasteiger partial charge in [-0.1, -0.05) is 44.9 Å². The Morgan fingerprint density at radius 2 is 1.96 bits per heavy atom. The normalized spacial score (nSPS) is 11.0. The third-order valence-corrected chi connectivity index (χ3v) is 5.54. The summed E-state index contributed by atoms with van der Waals surface area (Å²) in [6, 6.07) is 14.0. The molecular formula is C21H24N2OS. The largest absolute Gasteiger partial charge is 0.352 e. The van der Waals surface area contributed by atoms with Crippen molar-refractivity contribution in [3.05, 3.63) is 52.9 Å². The maximum Gasteiger partial charge on any atom is 0.252 e. The van der Waals surface area contributed by atoms with Crippen molar-refractivity contribution in [2.24, 2.45) is 0 Å². The molecule has 0 atom stereocenters. The summed E-state index contributed by atoms with van der Waals surface area (Å²) in [5.74, 6) is -0.0109. The third kappa shape index (κ3) is 4.07. The molecule has 0 aliphatic heterocycles. The number of nitrogens with one attached hydrogen (secondary N) is 1. The molecule has 0 spiro atoms. The fraction of sp³-hybridized carbons (Fsp3) is 0.333. The first-order valence-electron chi connectivity index (χ1n) is 9.00. The summed E-state index contributed by atoms with van der Waals surface area (Å²) in [6.45, 7) is 5.03. The van der Waals surface area contributed by atoms with Gasteiger partial charge >= 0.3 is 0 Å². The zero-order valence-corrected chi connectivity index (χ0v) is 15.7. The van der Waals surface area contributed by atoms with Gasteiger partial charge in [-0.05, 0) is 37.1 Å². The molecule has 2 aromatic heterocycles. The van der Waals surface area contributed by atoms with Gasteiger partial charge in [0, 0.05) is 16.8 Å². The predicted molar refractivity (Wildman–Crippen MR) is 106 cm³/mol. The number of pyridine rings is 1. The Balaban J connectivity index is 1.96. The zero-order valence-electron chi connectivity index (χ0n) is 14.8. The number of thiophene rings is 1. The molecule has 0 unspecified atom stereocenters. The molecule has 0 bridgehead atoms. The number of hydrogen-bond acceptors (Lipinski definition) is 3. The van der Waals surface area contributed by atoms with E-state index in [2.05, 4.69) is 31.3 Å². The van der Waals surface area contributed by atoms with Gasteiger partial charge < -0.3 is 5.32 Å². The van der Waals surface area contributed by atoms with Crippen LogP contribution in [-0.4, -0.2) is 17.4 Å². The smallest absolute Gasteiger partial charge is 0.252 e. The number of carbonyl (C=O) groups is 1. The Hall–Kier alpha value is -2.20. The van der Waals surface area contributed by atoms with Gasteiger partial charge in [0.05, 0.1) is 21.7 Å². The SMILES string of the molecule is CCCCCNC(=O)c1cc(-c2ccc(CC)s2)nc2ccccc12. The van der Waals surface area contributed by atoms with E-state index in [9.17, 15) is 4.79 Å². The molecule has 3 aromatic rings. The Labute approximate surface area is 153 Å². The van der Waals surface area contributed by atoms with Crippen LogP contribution in [0.1, 0.15) is 48.3 Å². The first-order valence-corrected chi connectivity index (χ1v) is 9.81. The van der Waals surface area contributed by atoms with Crippen molar-refractivity contribution in [2.45, 2.75) is 39.5 Å². The number of aromatic nitrogens is 1. The van der Waals surface area contributed by atoms with Crippen molar-refractivity contribution < 1.29 is 4.79 Å². The molecule has 2 heterocycles. The van der Waals surface area contributed by atoms with Crippen molar-refractivity contribution >= 4 is 28.1 Å². The van der Waals surface area contributed by atoms with Crippen molar-refractivity contribution in [3.8, 4) is 10.6 Å². The summed E-state index contributed by atoms with van der Waals surface area (Å²) in [5.41, 5.74) is 2.45. The van der Waals surface area contributed by atoms with Crippen LogP contribution >= 0.6 is 11.3 Å². The lowest BCUT2D eigenvalue weighted by molar-refractivity contribution is 0.0954. The Bertz CT molecular complexity index is 869. The molecule has 130 valence electrons. The number of amides is 1. The fourth-order valence-electron chi connectivity index (χ4n) is 2.87. The number of fused-ring (bicyclic) bond motifs is 1. The lowest BCUT2D eigenvalue weighted by Crippen LogP contribution is -2.24. The quantitative estimate of drug-likeness (QED) is 0.575. The summed E-state index contributed by atoms with van der Waals surface area (Å²) in [4.78, 5) is 20.0.